The molecule has 0 fully saturated rings. The molecular formula is C13H11ClN2O3S2. The number of carbonyl (C=O) groups is 1. The maximum atomic E-state index is 12.5. The number of rotatable bonds is 5. The summed E-state index contributed by atoms with van der Waals surface area (Å²) in [7, 11) is -3.97. The molecule has 5 nitrogen and oxygen atoms in total. The number of nitrogens with zero attached hydrogens (tertiary/aromatic N) is 2. The minimum atomic E-state index is -3.97. The van der Waals surface area contributed by atoms with Crippen LogP contribution in [0.25, 0.3) is 0 Å². The Morgan fingerprint density at radius 3 is 2.57 bits per heavy atom. The fourth-order valence-electron chi connectivity index (χ4n) is 1.61. The lowest BCUT2D eigenvalue weighted by Gasteiger charge is -2.20. The maximum absolute atomic E-state index is 12.5. The zero-order chi connectivity index (χ0) is 15.5. The first-order valence-electron chi connectivity index (χ1n) is 5.82. The molecule has 0 aliphatic rings. The second kappa shape index (κ2) is 6.38. The minimum Gasteiger partial charge on any atom is -0.266 e. The van der Waals surface area contributed by atoms with Gasteiger partial charge in [0.15, 0.2) is 0 Å². The molecule has 1 aromatic carbocycles. The van der Waals surface area contributed by atoms with Crippen LogP contribution in [0.4, 0.5) is 0 Å². The van der Waals surface area contributed by atoms with Crippen LogP contribution in [-0.2, 0) is 10.0 Å². The van der Waals surface area contributed by atoms with Gasteiger partial charge >= 0.3 is 0 Å². The first kappa shape index (κ1) is 15.7. The number of halogens is 1. The number of carbonyl (C=O) groups excluding carboxylic acids is 1. The van der Waals surface area contributed by atoms with E-state index in [0.29, 0.717) is 4.34 Å². The van der Waals surface area contributed by atoms with Crippen LogP contribution in [0.15, 0.2) is 53.9 Å². The summed E-state index contributed by atoms with van der Waals surface area (Å²) in [4.78, 5) is 12.4. The Morgan fingerprint density at radius 2 is 2.05 bits per heavy atom. The normalized spacial score (nSPS) is 11.1. The fraction of sp³-hybridized carbons (Fsp3) is 0.0769. The third kappa shape index (κ3) is 3.31. The van der Waals surface area contributed by atoms with Crippen molar-refractivity contribution >= 4 is 39.1 Å². The summed E-state index contributed by atoms with van der Waals surface area (Å²) < 4.78 is 30.0. The smallest absolute Gasteiger partial charge is 0.266 e. The largest absolute Gasteiger partial charge is 0.287 e. The lowest BCUT2D eigenvalue weighted by atomic mass is 10.4. The molecule has 1 aromatic heterocycles. The van der Waals surface area contributed by atoms with Crippen molar-refractivity contribution in [1.29, 1.82) is 0 Å². The summed E-state index contributed by atoms with van der Waals surface area (Å²) in [5, 5.41) is 0. The Labute approximate surface area is 131 Å². The molecule has 2 aromatic rings. The molecule has 0 aliphatic carbocycles. The topological polar surface area (TPSA) is 67.3 Å². The van der Waals surface area contributed by atoms with Crippen molar-refractivity contribution in [2.75, 3.05) is 6.54 Å². The van der Waals surface area contributed by atoms with E-state index in [0.717, 1.165) is 15.8 Å². The molecule has 0 bridgehead atoms. The molecule has 0 atom stereocenters. The fourth-order valence-corrected chi connectivity index (χ4v) is 3.67. The monoisotopic (exact) mass is 342 g/mol. The maximum Gasteiger partial charge on any atom is 0.287 e. The van der Waals surface area contributed by atoms with Gasteiger partial charge in [0.25, 0.3) is 15.9 Å². The van der Waals surface area contributed by atoms with Crippen LogP contribution in [0.1, 0.15) is 10.5 Å². The molecule has 0 spiro atoms. The van der Waals surface area contributed by atoms with E-state index < -0.39 is 15.9 Å². The summed E-state index contributed by atoms with van der Waals surface area (Å²) in [6.07, 6.45) is 1.34. The number of hydrogen-bond acceptors (Lipinski definition) is 5. The second-order valence-electron chi connectivity index (χ2n) is 3.96. The molecule has 1 amide bonds. The highest BCUT2D eigenvalue weighted by molar-refractivity contribution is 7.89. The van der Waals surface area contributed by atoms with E-state index in [9.17, 15) is 13.2 Å². The molecule has 0 unspecified atom stereocenters. The van der Waals surface area contributed by atoms with Gasteiger partial charge < -0.3 is 0 Å². The van der Waals surface area contributed by atoms with Crippen molar-refractivity contribution in [2.24, 2.45) is 0 Å². The quantitative estimate of drug-likeness (QED) is 0.783. The number of benzene rings is 1. The molecule has 0 radical (unpaired) electrons. The van der Waals surface area contributed by atoms with Crippen LogP contribution >= 0.6 is 23.1 Å². The summed E-state index contributed by atoms with van der Waals surface area (Å²) >= 11 is 6.66. The Morgan fingerprint density at radius 1 is 1.38 bits per heavy atom. The molecule has 0 N–H and O–H groups in total. The van der Waals surface area contributed by atoms with Gasteiger partial charge in [-0.25, -0.2) is 12.7 Å². The van der Waals surface area contributed by atoms with Crippen molar-refractivity contribution in [1.82, 2.24) is 8.68 Å². The van der Waals surface area contributed by atoms with Crippen molar-refractivity contribution in [3.8, 4) is 0 Å². The number of amides is 1. The molecular weight excluding hydrogens is 332 g/mol. The van der Waals surface area contributed by atoms with Crippen molar-refractivity contribution in [3.05, 3.63) is 59.1 Å². The highest BCUT2D eigenvalue weighted by atomic mass is 35.5. The Kier molecular flexibility index (Phi) is 4.76. The Hall–Kier alpha value is -1.70. The van der Waals surface area contributed by atoms with Crippen LogP contribution in [0.5, 0.6) is 0 Å². The van der Waals surface area contributed by atoms with Gasteiger partial charge in [0.05, 0.1) is 11.4 Å². The molecule has 21 heavy (non-hydrogen) atoms. The first-order chi connectivity index (χ1) is 9.96. The molecule has 0 saturated heterocycles. The van der Waals surface area contributed by atoms with Gasteiger partial charge in [-0.3, -0.25) is 4.79 Å². The highest BCUT2D eigenvalue weighted by Crippen LogP contribution is 2.21. The lowest BCUT2D eigenvalue weighted by Crippen LogP contribution is -2.37. The molecule has 1 heterocycles. The van der Waals surface area contributed by atoms with Crippen LogP contribution < -0.4 is 0 Å². The minimum absolute atomic E-state index is 0.00800. The Balaban J connectivity index is 2.44. The zero-order valence-corrected chi connectivity index (χ0v) is 13.2. The summed E-state index contributed by atoms with van der Waals surface area (Å²) in [6.45, 7) is 3.34. The van der Waals surface area contributed by atoms with Crippen LogP contribution in [0, 0.1) is 0 Å². The van der Waals surface area contributed by atoms with Crippen molar-refractivity contribution in [3.63, 3.8) is 0 Å². The van der Waals surface area contributed by atoms with E-state index in [-0.39, 0.29) is 17.1 Å². The van der Waals surface area contributed by atoms with Crippen molar-refractivity contribution in [2.45, 2.75) is 4.90 Å². The van der Waals surface area contributed by atoms with Gasteiger partial charge in [-0.05, 0) is 23.7 Å². The van der Waals surface area contributed by atoms with Gasteiger partial charge in [-0.2, -0.15) is 4.37 Å². The average molecular weight is 343 g/mol. The van der Waals surface area contributed by atoms with E-state index in [1.807, 2.05) is 0 Å². The standard InChI is InChI=1S/C13H11ClN2O3S2/c1-2-8-16(13(17)11-9-12(14)20-15-11)21(18,19)10-6-4-3-5-7-10/h2-7,9H,1,8H2. The van der Waals surface area contributed by atoms with Crippen molar-refractivity contribution < 1.29 is 13.2 Å². The van der Waals surface area contributed by atoms with Gasteiger partial charge in [-0.1, -0.05) is 35.9 Å². The third-order valence-corrected chi connectivity index (χ3v) is 5.21. The predicted octanol–water partition coefficient (Wildman–Crippen LogP) is 2.81. The van der Waals surface area contributed by atoms with Gasteiger partial charge in [0.2, 0.25) is 0 Å². The van der Waals surface area contributed by atoms with E-state index in [1.165, 1.54) is 24.3 Å². The predicted molar refractivity (Wildman–Crippen MR) is 82.0 cm³/mol. The summed E-state index contributed by atoms with van der Waals surface area (Å²) in [5.41, 5.74) is -0.00800. The zero-order valence-electron chi connectivity index (χ0n) is 10.8. The Bertz CT molecular complexity index is 757. The second-order valence-corrected chi connectivity index (χ2v) is 7.26. The highest BCUT2D eigenvalue weighted by Gasteiger charge is 2.30. The van der Waals surface area contributed by atoms with E-state index in [1.54, 1.807) is 18.2 Å². The molecule has 8 heteroatoms. The molecule has 110 valence electrons. The number of sulfonamides is 1. The summed E-state index contributed by atoms with van der Waals surface area (Å²) in [5.74, 6) is -0.734. The van der Waals surface area contributed by atoms with E-state index in [4.69, 9.17) is 11.6 Å². The van der Waals surface area contributed by atoms with Gasteiger partial charge in [-0.15, -0.1) is 6.58 Å². The SMILES string of the molecule is C=CCN(C(=O)c1cc(Cl)sn1)S(=O)(=O)c1ccccc1. The molecule has 2 rings (SSSR count). The van der Waals surface area contributed by atoms with Crippen LogP contribution in [-0.4, -0.2) is 29.5 Å². The van der Waals surface area contributed by atoms with E-state index >= 15 is 0 Å². The lowest BCUT2D eigenvalue weighted by molar-refractivity contribution is 0.0867. The average Bonchev–Trinajstić information content (AvgIpc) is 2.91. The van der Waals surface area contributed by atoms with Crippen LogP contribution in [0.3, 0.4) is 0 Å². The number of aromatic nitrogens is 1. The van der Waals surface area contributed by atoms with Gasteiger partial charge in [0, 0.05) is 6.07 Å². The van der Waals surface area contributed by atoms with E-state index in [2.05, 4.69) is 11.0 Å². The van der Waals surface area contributed by atoms with Gasteiger partial charge in [0.1, 0.15) is 10.0 Å². The molecule has 0 saturated carbocycles. The summed E-state index contributed by atoms with van der Waals surface area (Å²) in [6, 6.07) is 9.05. The first-order valence-corrected chi connectivity index (χ1v) is 8.41. The molecule has 0 aliphatic heterocycles. The van der Waals surface area contributed by atoms with Crippen LogP contribution in [0.2, 0.25) is 4.34 Å². The number of hydrogen-bond donors (Lipinski definition) is 0. The third-order valence-electron chi connectivity index (χ3n) is 2.55.